The highest BCUT2D eigenvalue weighted by molar-refractivity contribution is 7.85. The van der Waals surface area contributed by atoms with Crippen LogP contribution in [0.5, 0.6) is 5.75 Å². The highest BCUT2D eigenvalue weighted by Crippen LogP contribution is 2.20. The lowest BCUT2D eigenvalue weighted by Crippen LogP contribution is -2.28. The molecule has 27 heavy (non-hydrogen) atoms. The number of benzene rings is 2. The van der Waals surface area contributed by atoms with Crippen molar-refractivity contribution >= 4 is 10.1 Å². The SMILES string of the molecule is COc1ccc(-[n+]2ccn(N)c2)cc1.Cc1cc(C)c(S(=O)(=O)[O-])c(C)c1. The lowest BCUT2D eigenvalue weighted by Gasteiger charge is -2.14. The van der Waals surface area contributed by atoms with Gasteiger partial charge in [-0.15, -0.1) is 4.68 Å². The van der Waals surface area contributed by atoms with Gasteiger partial charge in [0.2, 0.25) is 0 Å². The number of nitrogens with two attached hydrogens (primary N) is 1. The van der Waals surface area contributed by atoms with Gasteiger partial charge in [-0.05, 0) is 56.2 Å². The first-order valence-corrected chi connectivity index (χ1v) is 9.55. The molecule has 0 radical (unpaired) electrons. The van der Waals surface area contributed by atoms with Gasteiger partial charge in [0.25, 0.3) is 6.33 Å². The number of hydrogen-bond donors (Lipinski definition) is 1. The molecule has 0 aliphatic rings. The van der Waals surface area contributed by atoms with Crippen molar-refractivity contribution < 1.29 is 22.3 Å². The Morgan fingerprint density at radius 1 is 1.07 bits per heavy atom. The van der Waals surface area contributed by atoms with Crippen LogP contribution in [0.1, 0.15) is 16.7 Å². The van der Waals surface area contributed by atoms with E-state index in [9.17, 15) is 13.0 Å². The molecule has 1 heterocycles. The van der Waals surface area contributed by atoms with Gasteiger partial charge in [-0.3, -0.25) is 5.84 Å². The van der Waals surface area contributed by atoms with Crippen molar-refractivity contribution in [1.29, 1.82) is 0 Å². The maximum absolute atomic E-state index is 10.8. The minimum Gasteiger partial charge on any atom is -0.744 e. The second-order valence-electron chi connectivity index (χ2n) is 6.15. The molecule has 0 fully saturated rings. The van der Waals surface area contributed by atoms with Gasteiger partial charge in [-0.2, -0.15) is 0 Å². The maximum Gasteiger partial charge on any atom is 0.272 e. The van der Waals surface area contributed by atoms with Gasteiger partial charge in [-0.25, -0.2) is 13.0 Å². The van der Waals surface area contributed by atoms with E-state index in [2.05, 4.69) is 0 Å². The third-order valence-corrected chi connectivity index (χ3v) is 5.03. The van der Waals surface area contributed by atoms with Crippen LogP contribution in [0.4, 0.5) is 0 Å². The Balaban J connectivity index is 0.000000194. The predicted octanol–water partition coefficient (Wildman–Crippen LogP) is 2.00. The number of hydrogen-bond acceptors (Lipinski definition) is 5. The summed E-state index contributed by atoms with van der Waals surface area (Å²) in [6, 6.07) is 11.2. The number of imidazole rings is 1. The molecule has 3 aromatic rings. The van der Waals surface area contributed by atoms with E-state index in [0.29, 0.717) is 11.1 Å². The Bertz CT molecular complexity index is 1000. The molecule has 2 N–H and O–H groups in total. The van der Waals surface area contributed by atoms with E-state index in [1.54, 1.807) is 45.6 Å². The minimum atomic E-state index is -4.33. The molecule has 0 aliphatic heterocycles. The summed E-state index contributed by atoms with van der Waals surface area (Å²) in [6.07, 6.45) is 5.47. The Labute approximate surface area is 159 Å². The summed E-state index contributed by atoms with van der Waals surface area (Å²) in [5.74, 6) is 6.39. The first kappa shape index (κ1) is 20.5. The molecule has 0 saturated carbocycles. The molecule has 144 valence electrons. The first-order valence-electron chi connectivity index (χ1n) is 8.14. The van der Waals surface area contributed by atoms with Crippen LogP contribution in [0.25, 0.3) is 5.69 Å². The number of ether oxygens (including phenoxy) is 1. The van der Waals surface area contributed by atoms with E-state index in [-0.39, 0.29) is 4.90 Å². The number of aryl methyl sites for hydroxylation is 3. The molecule has 2 aromatic carbocycles. The van der Waals surface area contributed by atoms with Crippen LogP contribution in [-0.2, 0) is 10.1 Å². The summed E-state index contributed by atoms with van der Waals surface area (Å²) in [5, 5.41) is 0. The standard InChI is InChI=1S/C10H12N3O.C9H12O3S/c1-14-10-4-2-9(3-5-10)12-6-7-13(11)8-12;1-6-4-7(2)9(8(3)5-6)13(10,11)12/h2-8H,11H2,1H3;4-5H,1-3H3,(H,10,11,12)/q+1;/p-1. The third kappa shape index (κ3) is 5.32. The second-order valence-corrected chi connectivity index (χ2v) is 7.46. The molecular weight excluding hydrogens is 366 g/mol. The van der Waals surface area contributed by atoms with Crippen LogP contribution >= 0.6 is 0 Å². The molecule has 3 rings (SSSR count). The summed E-state index contributed by atoms with van der Waals surface area (Å²) in [5.41, 5.74) is 3.05. The molecule has 0 atom stereocenters. The van der Waals surface area contributed by atoms with Gasteiger partial charge in [0.15, 0.2) is 6.20 Å². The van der Waals surface area contributed by atoms with Crippen molar-refractivity contribution in [3.63, 3.8) is 0 Å². The summed E-state index contributed by atoms with van der Waals surface area (Å²) in [4.78, 5) is -0.0851. The molecule has 8 heteroatoms. The predicted molar refractivity (Wildman–Crippen MR) is 101 cm³/mol. The van der Waals surface area contributed by atoms with Crippen LogP contribution in [0.15, 0.2) is 60.0 Å². The topological polar surface area (TPSA) is 101 Å². The number of methoxy groups -OCH3 is 1. The van der Waals surface area contributed by atoms with Crippen molar-refractivity contribution in [3.8, 4) is 11.4 Å². The van der Waals surface area contributed by atoms with Crippen LogP contribution in [0.3, 0.4) is 0 Å². The fraction of sp³-hybridized carbons (Fsp3) is 0.211. The van der Waals surface area contributed by atoms with Crippen LogP contribution in [0, 0.1) is 20.8 Å². The lowest BCUT2D eigenvalue weighted by atomic mass is 10.1. The van der Waals surface area contributed by atoms with Crippen molar-refractivity contribution in [3.05, 3.63) is 71.8 Å². The Morgan fingerprint density at radius 2 is 1.63 bits per heavy atom. The number of aromatic nitrogens is 2. The van der Waals surface area contributed by atoms with E-state index in [1.807, 2.05) is 42.0 Å². The highest BCUT2D eigenvalue weighted by atomic mass is 32.2. The van der Waals surface area contributed by atoms with E-state index >= 15 is 0 Å². The fourth-order valence-corrected chi connectivity index (χ4v) is 3.74. The van der Waals surface area contributed by atoms with Gasteiger partial charge in [-0.1, -0.05) is 17.7 Å². The molecule has 0 unspecified atom stereocenters. The summed E-state index contributed by atoms with van der Waals surface area (Å²) < 4.78 is 41.0. The highest BCUT2D eigenvalue weighted by Gasteiger charge is 2.09. The number of nitrogen functional groups attached to an aromatic ring is 1. The van der Waals surface area contributed by atoms with Crippen molar-refractivity contribution in [1.82, 2.24) is 4.68 Å². The summed E-state index contributed by atoms with van der Waals surface area (Å²) in [7, 11) is -2.68. The van der Waals surface area contributed by atoms with Crippen molar-refractivity contribution in [2.45, 2.75) is 25.7 Å². The molecule has 0 aliphatic carbocycles. The zero-order valence-corrected chi connectivity index (χ0v) is 16.5. The largest absolute Gasteiger partial charge is 0.744 e. The maximum atomic E-state index is 10.8. The second kappa shape index (κ2) is 8.24. The molecule has 1 aromatic heterocycles. The van der Waals surface area contributed by atoms with E-state index in [4.69, 9.17) is 10.6 Å². The van der Waals surface area contributed by atoms with Crippen LogP contribution in [-0.4, -0.2) is 24.8 Å². The van der Waals surface area contributed by atoms with Crippen LogP contribution < -0.4 is 15.1 Å². The van der Waals surface area contributed by atoms with Crippen LogP contribution in [0.2, 0.25) is 0 Å². The zero-order chi connectivity index (χ0) is 20.2. The van der Waals surface area contributed by atoms with Gasteiger partial charge in [0, 0.05) is 0 Å². The fourth-order valence-electron chi connectivity index (χ4n) is 2.84. The normalized spacial score (nSPS) is 10.9. The van der Waals surface area contributed by atoms with Crippen molar-refractivity contribution in [2.24, 2.45) is 0 Å². The first-order chi connectivity index (χ1) is 12.6. The smallest absolute Gasteiger partial charge is 0.272 e. The molecule has 0 bridgehead atoms. The quantitative estimate of drug-likeness (QED) is 0.419. The average molecular weight is 389 g/mol. The van der Waals surface area contributed by atoms with Gasteiger partial charge < -0.3 is 9.29 Å². The van der Waals surface area contributed by atoms with E-state index in [1.165, 1.54) is 4.68 Å². The monoisotopic (exact) mass is 389 g/mol. The molecule has 7 nitrogen and oxygen atoms in total. The van der Waals surface area contributed by atoms with Gasteiger partial charge >= 0.3 is 0 Å². The van der Waals surface area contributed by atoms with E-state index in [0.717, 1.165) is 17.0 Å². The summed E-state index contributed by atoms with van der Waals surface area (Å²) >= 11 is 0. The molecule has 0 spiro atoms. The number of nitrogens with zero attached hydrogens (tertiary/aromatic N) is 2. The zero-order valence-electron chi connectivity index (χ0n) is 15.7. The van der Waals surface area contributed by atoms with E-state index < -0.39 is 10.1 Å². The van der Waals surface area contributed by atoms with Gasteiger partial charge in [0.05, 0.1) is 12.0 Å². The Hall–Kier alpha value is -2.84. The molecule has 0 saturated heterocycles. The lowest BCUT2D eigenvalue weighted by molar-refractivity contribution is -0.595. The summed E-state index contributed by atoms with van der Waals surface area (Å²) in [6.45, 7) is 5.12. The molecule has 0 amide bonds. The molecular formula is C19H23N3O4S. The third-order valence-electron chi connectivity index (χ3n) is 3.88. The van der Waals surface area contributed by atoms with Gasteiger partial charge in [0.1, 0.15) is 27.8 Å². The average Bonchev–Trinajstić information content (AvgIpc) is 3.00. The Morgan fingerprint density at radius 3 is 2.04 bits per heavy atom. The Kier molecular flexibility index (Phi) is 6.24. The number of rotatable bonds is 3. The van der Waals surface area contributed by atoms with Crippen molar-refractivity contribution in [2.75, 3.05) is 13.0 Å². The minimum absolute atomic E-state index is 0.0851.